The molecule has 1 saturated heterocycles. The van der Waals surface area contributed by atoms with Gasteiger partial charge in [-0.1, -0.05) is 37.3 Å². The first-order chi connectivity index (χ1) is 11.7. The van der Waals surface area contributed by atoms with Gasteiger partial charge in [0.1, 0.15) is 4.88 Å². The van der Waals surface area contributed by atoms with Gasteiger partial charge in [-0.2, -0.15) is 0 Å². The lowest BCUT2D eigenvalue weighted by Crippen LogP contribution is -2.48. The molecular formula is C19H25N3OS. The number of rotatable bonds is 5. The smallest absolute Gasteiger partial charge is 0.265 e. The predicted octanol–water partition coefficient (Wildman–Crippen LogP) is 3.01. The molecule has 1 aliphatic heterocycles. The minimum atomic E-state index is 0.159. The minimum Gasteiger partial charge on any atom is -0.335 e. The van der Waals surface area contributed by atoms with Crippen molar-refractivity contribution >= 4 is 17.2 Å². The number of aromatic nitrogens is 1. The Bertz CT molecular complexity index is 675. The molecule has 1 aromatic heterocycles. The lowest BCUT2D eigenvalue weighted by atomic mass is 10.1. The van der Waals surface area contributed by atoms with Crippen LogP contribution in [0, 0.1) is 6.92 Å². The molecule has 0 saturated carbocycles. The summed E-state index contributed by atoms with van der Waals surface area (Å²) in [5.41, 5.74) is 2.19. The van der Waals surface area contributed by atoms with Crippen molar-refractivity contribution in [3.8, 4) is 0 Å². The van der Waals surface area contributed by atoms with Crippen LogP contribution in [0.3, 0.4) is 0 Å². The highest BCUT2D eigenvalue weighted by molar-refractivity contribution is 7.13. The normalized spacial score (nSPS) is 15.7. The Balaban J connectivity index is 1.62. The molecule has 0 N–H and O–H groups in total. The second-order valence-corrected chi connectivity index (χ2v) is 7.32. The summed E-state index contributed by atoms with van der Waals surface area (Å²) in [7, 11) is 0. The van der Waals surface area contributed by atoms with Crippen LogP contribution in [0.4, 0.5) is 0 Å². The van der Waals surface area contributed by atoms with Crippen LogP contribution < -0.4 is 0 Å². The van der Waals surface area contributed by atoms with E-state index in [2.05, 4.69) is 41.1 Å². The molecule has 0 spiro atoms. The number of aryl methyl sites for hydroxylation is 3. The Kier molecular flexibility index (Phi) is 5.63. The third-order valence-electron chi connectivity index (χ3n) is 4.61. The first-order valence-electron chi connectivity index (χ1n) is 8.69. The van der Waals surface area contributed by atoms with Gasteiger partial charge in [0.2, 0.25) is 0 Å². The first-order valence-corrected chi connectivity index (χ1v) is 9.51. The van der Waals surface area contributed by atoms with Gasteiger partial charge in [0.15, 0.2) is 0 Å². The highest BCUT2D eigenvalue weighted by Crippen LogP contribution is 2.22. The Morgan fingerprint density at radius 3 is 2.50 bits per heavy atom. The molecule has 4 nitrogen and oxygen atoms in total. The first kappa shape index (κ1) is 17.1. The van der Waals surface area contributed by atoms with E-state index in [1.807, 2.05) is 17.9 Å². The third-order valence-corrected chi connectivity index (χ3v) is 5.82. The number of carbonyl (C=O) groups excluding carboxylic acids is 1. The third kappa shape index (κ3) is 4.02. The van der Waals surface area contributed by atoms with Gasteiger partial charge >= 0.3 is 0 Å². The topological polar surface area (TPSA) is 36.4 Å². The van der Waals surface area contributed by atoms with Gasteiger partial charge in [0.05, 0.1) is 10.7 Å². The molecule has 0 bridgehead atoms. The molecule has 1 aliphatic rings. The van der Waals surface area contributed by atoms with Gasteiger partial charge in [-0.3, -0.25) is 4.79 Å². The monoisotopic (exact) mass is 343 g/mol. The number of carbonyl (C=O) groups is 1. The van der Waals surface area contributed by atoms with E-state index in [1.54, 1.807) is 11.3 Å². The summed E-state index contributed by atoms with van der Waals surface area (Å²) >= 11 is 1.57. The Morgan fingerprint density at radius 1 is 1.12 bits per heavy atom. The fourth-order valence-corrected chi connectivity index (χ4v) is 4.10. The fourth-order valence-electron chi connectivity index (χ4n) is 3.06. The summed E-state index contributed by atoms with van der Waals surface area (Å²) in [5.74, 6) is 0.159. The maximum Gasteiger partial charge on any atom is 0.265 e. The molecule has 3 rings (SSSR count). The lowest BCUT2D eigenvalue weighted by molar-refractivity contribution is 0.0647. The van der Waals surface area contributed by atoms with Crippen LogP contribution in [-0.2, 0) is 12.8 Å². The zero-order chi connectivity index (χ0) is 16.9. The van der Waals surface area contributed by atoms with Gasteiger partial charge < -0.3 is 9.80 Å². The molecule has 1 amide bonds. The number of amides is 1. The average molecular weight is 343 g/mol. The molecular weight excluding hydrogens is 318 g/mol. The van der Waals surface area contributed by atoms with Crippen molar-refractivity contribution in [2.75, 3.05) is 32.7 Å². The van der Waals surface area contributed by atoms with Crippen LogP contribution in [0.15, 0.2) is 30.3 Å². The number of piperazine rings is 1. The van der Waals surface area contributed by atoms with Gasteiger partial charge in [0.25, 0.3) is 5.91 Å². The van der Waals surface area contributed by atoms with Crippen molar-refractivity contribution in [2.45, 2.75) is 26.7 Å². The molecule has 1 aromatic carbocycles. The molecule has 0 unspecified atom stereocenters. The van der Waals surface area contributed by atoms with Crippen molar-refractivity contribution in [2.24, 2.45) is 0 Å². The second-order valence-electron chi connectivity index (χ2n) is 6.23. The molecule has 2 heterocycles. The zero-order valence-electron chi connectivity index (χ0n) is 14.5. The second kappa shape index (κ2) is 7.90. The molecule has 2 aromatic rings. The van der Waals surface area contributed by atoms with E-state index in [-0.39, 0.29) is 5.91 Å². The van der Waals surface area contributed by atoms with E-state index in [4.69, 9.17) is 0 Å². The van der Waals surface area contributed by atoms with E-state index in [0.717, 1.165) is 61.1 Å². The summed E-state index contributed by atoms with van der Waals surface area (Å²) in [4.78, 5) is 22.6. The summed E-state index contributed by atoms with van der Waals surface area (Å²) in [6, 6.07) is 10.4. The molecule has 128 valence electrons. The molecule has 1 fully saturated rings. The Labute approximate surface area is 148 Å². The van der Waals surface area contributed by atoms with Crippen LogP contribution in [0.5, 0.6) is 0 Å². The van der Waals surface area contributed by atoms with Gasteiger partial charge in [0, 0.05) is 32.6 Å². The standard InChI is InChI=1S/C19H25N3OS/c1-3-21-11-13-22(14-12-21)19(23)18-15(2)20-17(24-18)10-9-16-7-5-4-6-8-16/h4-8H,3,9-14H2,1-2H3. The van der Waals surface area contributed by atoms with Gasteiger partial charge in [-0.15, -0.1) is 11.3 Å². The van der Waals surface area contributed by atoms with Crippen molar-refractivity contribution in [3.05, 3.63) is 51.5 Å². The summed E-state index contributed by atoms with van der Waals surface area (Å²) in [5, 5.41) is 1.06. The number of benzene rings is 1. The van der Waals surface area contributed by atoms with Crippen molar-refractivity contribution < 1.29 is 4.79 Å². The van der Waals surface area contributed by atoms with Gasteiger partial charge in [-0.25, -0.2) is 4.98 Å². The van der Waals surface area contributed by atoms with Crippen LogP contribution >= 0.6 is 11.3 Å². The fraction of sp³-hybridized carbons (Fsp3) is 0.474. The molecule has 5 heteroatoms. The highest BCUT2D eigenvalue weighted by Gasteiger charge is 2.24. The van der Waals surface area contributed by atoms with Crippen molar-refractivity contribution in [3.63, 3.8) is 0 Å². The van der Waals surface area contributed by atoms with E-state index >= 15 is 0 Å². The Hall–Kier alpha value is -1.72. The predicted molar refractivity (Wildman–Crippen MR) is 98.7 cm³/mol. The zero-order valence-corrected chi connectivity index (χ0v) is 15.3. The van der Waals surface area contributed by atoms with E-state index in [9.17, 15) is 4.79 Å². The Morgan fingerprint density at radius 2 is 1.83 bits per heavy atom. The van der Waals surface area contributed by atoms with Crippen LogP contribution in [-0.4, -0.2) is 53.4 Å². The molecule has 0 aliphatic carbocycles. The molecule has 24 heavy (non-hydrogen) atoms. The molecule has 0 radical (unpaired) electrons. The lowest BCUT2D eigenvalue weighted by Gasteiger charge is -2.33. The molecule has 0 atom stereocenters. The van der Waals surface area contributed by atoms with Crippen LogP contribution in [0.1, 0.15) is 32.9 Å². The van der Waals surface area contributed by atoms with Crippen molar-refractivity contribution in [1.82, 2.24) is 14.8 Å². The van der Waals surface area contributed by atoms with Crippen molar-refractivity contribution in [1.29, 1.82) is 0 Å². The van der Waals surface area contributed by atoms with E-state index in [0.29, 0.717) is 0 Å². The average Bonchev–Trinajstić information content (AvgIpc) is 3.01. The number of likely N-dealkylation sites (N-methyl/N-ethyl adjacent to an activating group) is 1. The van der Waals surface area contributed by atoms with Crippen LogP contribution in [0.2, 0.25) is 0 Å². The van der Waals surface area contributed by atoms with E-state index in [1.165, 1.54) is 5.56 Å². The number of thiazole rings is 1. The number of hydrogen-bond donors (Lipinski definition) is 0. The summed E-state index contributed by atoms with van der Waals surface area (Å²) < 4.78 is 0. The van der Waals surface area contributed by atoms with Crippen LogP contribution in [0.25, 0.3) is 0 Å². The van der Waals surface area contributed by atoms with E-state index < -0.39 is 0 Å². The quantitative estimate of drug-likeness (QED) is 0.837. The number of hydrogen-bond acceptors (Lipinski definition) is 4. The SMILES string of the molecule is CCN1CCN(C(=O)c2sc(CCc3ccccc3)nc2C)CC1. The minimum absolute atomic E-state index is 0.159. The maximum absolute atomic E-state index is 12.8. The summed E-state index contributed by atoms with van der Waals surface area (Å²) in [6.07, 6.45) is 1.86. The summed E-state index contributed by atoms with van der Waals surface area (Å²) in [6.45, 7) is 8.78. The number of nitrogens with zero attached hydrogens (tertiary/aromatic N) is 3. The largest absolute Gasteiger partial charge is 0.335 e. The van der Waals surface area contributed by atoms with Gasteiger partial charge in [-0.05, 0) is 25.5 Å². The maximum atomic E-state index is 12.8. The highest BCUT2D eigenvalue weighted by atomic mass is 32.1.